The Balaban J connectivity index is 0.00000280. The quantitative estimate of drug-likeness (QED) is 0.309. The van der Waals surface area contributed by atoms with E-state index in [2.05, 4.69) is 27.4 Å². The van der Waals surface area contributed by atoms with E-state index >= 15 is 0 Å². The fourth-order valence-corrected chi connectivity index (χ4v) is 4.55. The lowest BCUT2D eigenvalue weighted by atomic mass is 9.80. The minimum atomic E-state index is 0. The molecule has 3 rings (SSSR count). The van der Waals surface area contributed by atoms with Crippen molar-refractivity contribution in [3.05, 3.63) is 0 Å². The van der Waals surface area contributed by atoms with Crippen LogP contribution < -0.4 is 10.6 Å². The molecule has 0 aromatic rings. The Hall–Kier alpha value is -0.160. The molecule has 0 spiro atoms. The zero-order chi connectivity index (χ0) is 18.8. The van der Waals surface area contributed by atoms with Gasteiger partial charge < -0.3 is 20.1 Å². The second-order valence-electron chi connectivity index (χ2n) is 7.96. The molecule has 0 bridgehead atoms. The fourth-order valence-electron chi connectivity index (χ4n) is 4.55. The van der Waals surface area contributed by atoms with Gasteiger partial charge >= 0.3 is 0 Å². The summed E-state index contributed by atoms with van der Waals surface area (Å²) in [5.41, 5.74) is 0.231. The van der Waals surface area contributed by atoms with Crippen molar-refractivity contribution < 1.29 is 9.47 Å². The maximum absolute atomic E-state index is 5.59. The molecule has 0 amide bonds. The molecule has 1 saturated carbocycles. The van der Waals surface area contributed by atoms with Crippen LogP contribution >= 0.6 is 24.0 Å². The topological polar surface area (TPSA) is 61.4 Å². The summed E-state index contributed by atoms with van der Waals surface area (Å²) in [5.74, 6) is 0.962. The molecule has 3 fully saturated rings. The first-order chi connectivity index (χ1) is 13.3. The molecule has 2 saturated heterocycles. The summed E-state index contributed by atoms with van der Waals surface area (Å²) in [6, 6.07) is 0. The second kappa shape index (κ2) is 13.2. The molecule has 28 heavy (non-hydrogen) atoms. The van der Waals surface area contributed by atoms with Crippen molar-refractivity contribution in [3.8, 4) is 0 Å². The predicted molar refractivity (Wildman–Crippen MR) is 125 cm³/mol. The maximum Gasteiger partial charge on any atom is 0.191 e. The van der Waals surface area contributed by atoms with Crippen LogP contribution in [0.15, 0.2) is 4.99 Å². The molecular weight excluding hydrogens is 469 g/mol. The normalized spacial score (nSPS) is 24.4. The number of hydrogen-bond acceptors (Lipinski definition) is 5. The summed E-state index contributed by atoms with van der Waals surface area (Å²) in [6.45, 7) is 13.5. The highest BCUT2D eigenvalue weighted by atomic mass is 127. The van der Waals surface area contributed by atoms with Crippen molar-refractivity contribution in [3.63, 3.8) is 0 Å². The van der Waals surface area contributed by atoms with Crippen LogP contribution in [0.3, 0.4) is 0 Å². The molecule has 0 atom stereocenters. The van der Waals surface area contributed by atoms with Gasteiger partial charge in [0.05, 0.1) is 33.0 Å². The van der Waals surface area contributed by atoms with Crippen molar-refractivity contribution in [1.29, 1.82) is 0 Å². The van der Waals surface area contributed by atoms with Gasteiger partial charge in [-0.2, -0.15) is 0 Å². The fraction of sp³-hybridized carbons (Fsp3) is 0.950. The molecule has 0 unspecified atom stereocenters. The number of guanidine groups is 1. The summed E-state index contributed by atoms with van der Waals surface area (Å²) in [7, 11) is 0. The van der Waals surface area contributed by atoms with Gasteiger partial charge in [-0.25, -0.2) is 0 Å². The number of morpholine rings is 2. The van der Waals surface area contributed by atoms with E-state index in [4.69, 9.17) is 14.5 Å². The van der Waals surface area contributed by atoms with Crippen LogP contribution in [0.25, 0.3) is 0 Å². The minimum absolute atomic E-state index is 0. The molecule has 2 aliphatic heterocycles. The predicted octanol–water partition coefficient (Wildman–Crippen LogP) is 1.53. The first kappa shape index (κ1) is 24.1. The van der Waals surface area contributed by atoms with Crippen LogP contribution in [0.4, 0.5) is 0 Å². The summed E-state index contributed by atoms with van der Waals surface area (Å²) in [5, 5.41) is 6.97. The van der Waals surface area contributed by atoms with E-state index in [-0.39, 0.29) is 29.5 Å². The highest BCUT2D eigenvalue weighted by Gasteiger charge is 2.38. The van der Waals surface area contributed by atoms with Crippen molar-refractivity contribution in [1.82, 2.24) is 20.4 Å². The SMILES string of the molecule is CCNC(=NCC1(N2CCOCC2)CCCCC1)NCCN1CCOCC1.I. The lowest BCUT2D eigenvalue weighted by molar-refractivity contribution is -0.0333. The summed E-state index contributed by atoms with van der Waals surface area (Å²) >= 11 is 0. The van der Waals surface area contributed by atoms with Crippen LogP contribution in [0.2, 0.25) is 0 Å². The minimum Gasteiger partial charge on any atom is -0.379 e. The number of nitrogens with one attached hydrogen (secondary N) is 2. The van der Waals surface area contributed by atoms with Gasteiger partial charge in [-0.05, 0) is 19.8 Å². The number of hydrogen-bond donors (Lipinski definition) is 2. The first-order valence-electron chi connectivity index (χ1n) is 11.0. The third kappa shape index (κ3) is 7.27. The van der Waals surface area contributed by atoms with Gasteiger partial charge in [-0.3, -0.25) is 14.8 Å². The van der Waals surface area contributed by atoms with Crippen LogP contribution in [-0.4, -0.2) is 100 Å². The average Bonchev–Trinajstić information content (AvgIpc) is 2.74. The van der Waals surface area contributed by atoms with E-state index in [0.29, 0.717) is 0 Å². The summed E-state index contributed by atoms with van der Waals surface area (Å²) in [6.07, 6.45) is 6.56. The van der Waals surface area contributed by atoms with Crippen LogP contribution in [0.1, 0.15) is 39.0 Å². The molecule has 2 N–H and O–H groups in total. The van der Waals surface area contributed by atoms with E-state index in [9.17, 15) is 0 Å². The highest BCUT2D eigenvalue weighted by molar-refractivity contribution is 14.0. The molecule has 7 nitrogen and oxygen atoms in total. The molecule has 0 aromatic carbocycles. The Morgan fingerprint density at radius 2 is 1.57 bits per heavy atom. The van der Waals surface area contributed by atoms with Crippen molar-refractivity contribution >= 4 is 29.9 Å². The lowest BCUT2D eigenvalue weighted by Crippen LogP contribution is -2.56. The van der Waals surface area contributed by atoms with E-state index in [1.807, 2.05) is 0 Å². The van der Waals surface area contributed by atoms with Crippen LogP contribution in [0.5, 0.6) is 0 Å². The van der Waals surface area contributed by atoms with Gasteiger partial charge in [-0.1, -0.05) is 19.3 Å². The lowest BCUT2D eigenvalue weighted by Gasteiger charge is -2.47. The number of rotatable bonds is 7. The number of halogens is 1. The zero-order valence-electron chi connectivity index (χ0n) is 17.6. The molecule has 1 aliphatic carbocycles. The third-order valence-electron chi connectivity index (χ3n) is 6.17. The Morgan fingerprint density at radius 1 is 0.929 bits per heavy atom. The number of ether oxygens (including phenoxy) is 2. The van der Waals surface area contributed by atoms with Gasteiger partial charge in [0.2, 0.25) is 0 Å². The van der Waals surface area contributed by atoms with Gasteiger partial charge in [0, 0.05) is 51.4 Å². The molecule has 164 valence electrons. The molecular formula is C20H40IN5O2. The molecule has 8 heteroatoms. The Morgan fingerprint density at radius 3 is 2.21 bits per heavy atom. The van der Waals surface area contributed by atoms with Gasteiger partial charge in [-0.15, -0.1) is 24.0 Å². The molecule has 3 aliphatic rings. The standard InChI is InChI=1S/C20H39N5O2.HI/c1-2-21-19(22-8-9-24-10-14-26-15-11-24)23-18-20(6-4-3-5-7-20)25-12-16-27-17-13-25;/h2-18H2,1H3,(H2,21,22,23);1H. The van der Waals surface area contributed by atoms with Crippen molar-refractivity contribution in [2.45, 2.75) is 44.6 Å². The van der Waals surface area contributed by atoms with Crippen LogP contribution in [-0.2, 0) is 9.47 Å². The van der Waals surface area contributed by atoms with Gasteiger partial charge in [0.25, 0.3) is 0 Å². The first-order valence-corrected chi connectivity index (χ1v) is 11.0. The highest BCUT2D eigenvalue weighted by Crippen LogP contribution is 2.34. The second-order valence-corrected chi connectivity index (χ2v) is 7.96. The van der Waals surface area contributed by atoms with Crippen molar-refractivity contribution in [2.75, 3.05) is 78.8 Å². The maximum atomic E-state index is 5.59. The Bertz CT molecular complexity index is 448. The monoisotopic (exact) mass is 509 g/mol. The Labute approximate surface area is 188 Å². The van der Waals surface area contributed by atoms with Crippen LogP contribution in [0, 0.1) is 0 Å². The molecule has 2 heterocycles. The summed E-state index contributed by atoms with van der Waals surface area (Å²) in [4.78, 5) is 10.2. The Kier molecular flexibility index (Phi) is 11.4. The zero-order valence-corrected chi connectivity index (χ0v) is 19.9. The van der Waals surface area contributed by atoms with E-state index in [0.717, 1.165) is 84.7 Å². The molecule has 0 aromatic heterocycles. The van der Waals surface area contributed by atoms with E-state index in [1.165, 1.54) is 32.1 Å². The smallest absolute Gasteiger partial charge is 0.191 e. The largest absolute Gasteiger partial charge is 0.379 e. The average molecular weight is 509 g/mol. The summed E-state index contributed by atoms with van der Waals surface area (Å²) < 4.78 is 11.0. The number of aliphatic imine (C=N–C) groups is 1. The van der Waals surface area contributed by atoms with E-state index < -0.39 is 0 Å². The third-order valence-corrected chi connectivity index (χ3v) is 6.17. The van der Waals surface area contributed by atoms with E-state index in [1.54, 1.807) is 0 Å². The number of nitrogens with zero attached hydrogens (tertiary/aromatic N) is 3. The van der Waals surface area contributed by atoms with Gasteiger partial charge in [0.1, 0.15) is 0 Å². The van der Waals surface area contributed by atoms with Gasteiger partial charge in [0.15, 0.2) is 5.96 Å². The van der Waals surface area contributed by atoms with Crippen molar-refractivity contribution in [2.24, 2.45) is 4.99 Å². The molecule has 0 radical (unpaired) electrons.